The molecule has 11 heavy (non-hydrogen) atoms. The molecule has 0 radical (unpaired) electrons. The lowest BCUT2D eigenvalue weighted by atomic mass is 10.4. The van der Waals surface area contributed by atoms with Crippen LogP contribution in [-0.4, -0.2) is 4.98 Å². The minimum absolute atomic E-state index is 1.38. The van der Waals surface area contributed by atoms with E-state index in [1.807, 2.05) is 24.3 Å². The molecule has 0 atom stereocenters. The van der Waals surface area contributed by atoms with E-state index in [2.05, 4.69) is 21.5 Å². The average molecular weight is 145 g/mol. The molecule has 2 rings (SSSR count). The molecule has 0 aliphatic rings. The Hall–Kier alpha value is -1.75. The second kappa shape index (κ2) is 5.07. The van der Waals surface area contributed by atoms with Crippen LogP contribution in [0.25, 0.3) is 0 Å². The fourth-order valence-corrected chi connectivity index (χ4v) is 0.479. The van der Waals surface area contributed by atoms with Gasteiger partial charge in [-0.1, -0.05) is 24.3 Å². The normalized spacial score (nSPS) is 7.27. The third-order valence-corrected chi connectivity index (χ3v) is 0.901. The van der Waals surface area contributed by atoms with E-state index in [1.54, 1.807) is 6.20 Å². The van der Waals surface area contributed by atoms with Crippen LogP contribution in [0.2, 0.25) is 0 Å². The van der Waals surface area contributed by atoms with Gasteiger partial charge in [0.2, 0.25) is 0 Å². The molecule has 0 saturated heterocycles. The first kappa shape index (κ1) is 7.36. The summed E-state index contributed by atoms with van der Waals surface area (Å²) in [6, 6.07) is 13.0. The third-order valence-electron chi connectivity index (χ3n) is 0.901. The van der Waals surface area contributed by atoms with Crippen LogP contribution >= 0.6 is 0 Å². The number of aromatic nitrogens is 1. The minimum Gasteiger partial charge on any atom is -0.452 e. The lowest BCUT2D eigenvalue weighted by Gasteiger charge is -1.61. The quantitative estimate of drug-likeness (QED) is 0.566. The third kappa shape index (κ3) is 3.77. The molecule has 0 bridgehead atoms. The molecule has 0 unspecified atom stereocenters. The van der Waals surface area contributed by atoms with Gasteiger partial charge >= 0.3 is 0 Å². The summed E-state index contributed by atoms with van der Waals surface area (Å²) in [6.07, 6.45) is 4.47. The fourth-order valence-electron chi connectivity index (χ4n) is 0.479. The standard InChI is InChI=1S/C6H4.C3H3NO/c1-2-4-6-5-3-1;1-2-5-3-4-1/h1-4H;1-3H. The molecule has 1 aromatic carbocycles. The van der Waals surface area contributed by atoms with Crippen molar-refractivity contribution in [1.82, 2.24) is 4.98 Å². The van der Waals surface area contributed by atoms with E-state index in [0.29, 0.717) is 0 Å². The highest BCUT2D eigenvalue weighted by atomic mass is 16.3. The van der Waals surface area contributed by atoms with Crippen molar-refractivity contribution in [2.75, 3.05) is 0 Å². The van der Waals surface area contributed by atoms with Crippen LogP contribution in [0.3, 0.4) is 0 Å². The second-order valence-electron chi connectivity index (χ2n) is 1.68. The smallest absolute Gasteiger partial charge is 0.180 e. The number of oxazole rings is 1. The number of rotatable bonds is 0. The zero-order valence-corrected chi connectivity index (χ0v) is 5.90. The highest BCUT2D eigenvalue weighted by Crippen LogP contribution is 1.72. The van der Waals surface area contributed by atoms with E-state index >= 15 is 0 Å². The molecule has 0 aliphatic heterocycles. The topological polar surface area (TPSA) is 26.0 Å². The van der Waals surface area contributed by atoms with Gasteiger partial charge in [0.25, 0.3) is 0 Å². The van der Waals surface area contributed by atoms with E-state index < -0.39 is 0 Å². The van der Waals surface area contributed by atoms with Crippen LogP contribution in [-0.2, 0) is 0 Å². The molecule has 54 valence electrons. The summed E-state index contributed by atoms with van der Waals surface area (Å²) >= 11 is 0. The van der Waals surface area contributed by atoms with E-state index in [-0.39, 0.29) is 0 Å². The van der Waals surface area contributed by atoms with Crippen LogP contribution in [0.15, 0.2) is 47.5 Å². The molecular weight excluding hydrogens is 138 g/mol. The van der Waals surface area contributed by atoms with Gasteiger partial charge in [0.05, 0.1) is 6.20 Å². The first-order valence-electron chi connectivity index (χ1n) is 3.15. The van der Waals surface area contributed by atoms with E-state index in [4.69, 9.17) is 0 Å². The summed E-state index contributed by atoms with van der Waals surface area (Å²) in [5, 5.41) is 0. The van der Waals surface area contributed by atoms with Gasteiger partial charge in [0, 0.05) is 0 Å². The Morgan fingerprint density at radius 3 is 2.00 bits per heavy atom. The SMILES string of the molecule is c1ccccc#1.c1cocn1. The van der Waals surface area contributed by atoms with Gasteiger partial charge in [0.1, 0.15) is 6.26 Å². The van der Waals surface area contributed by atoms with Gasteiger partial charge in [-0.15, -0.1) is 0 Å². The molecule has 0 spiro atoms. The largest absolute Gasteiger partial charge is 0.452 e. The Kier molecular flexibility index (Phi) is 3.39. The van der Waals surface area contributed by atoms with Gasteiger partial charge in [-0.05, 0) is 12.1 Å². The maximum absolute atomic E-state index is 4.47. The highest BCUT2D eigenvalue weighted by molar-refractivity contribution is 4.89. The Balaban J connectivity index is 0.000000112. The van der Waals surface area contributed by atoms with E-state index in [1.165, 1.54) is 12.7 Å². The molecule has 1 aromatic heterocycles. The molecule has 1 heterocycles. The van der Waals surface area contributed by atoms with Crippen LogP contribution in [0, 0.1) is 12.1 Å². The molecular formula is C9H7NO. The molecule has 0 N–H and O–H groups in total. The minimum atomic E-state index is 1.38. The molecule has 2 aromatic rings. The Morgan fingerprint density at radius 1 is 1.09 bits per heavy atom. The molecule has 0 fully saturated rings. The fraction of sp³-hybridized carbons (Fsp3) is 0. The summed E-state index contributed by atoms with van der Waals surface area (Å²) in [6.45, 7) is 0. The monoisotopic (exact) mass is 145 g/mol. The van der Waals surface area contributed by atoms with Gasteiger partial charge in [-0.25, -0.2) is 4.98 Å². The van der Waals surface area contributed by atoms with E-state index in [9.17, 15) is 0 Å². The first-order chi connectivity index (χ1) is 5.50. The van der Waals surface area contributed by atoms with Crippen LogP contribution in [0.5, 0.6) is 0 Å². The maximum atomic E-state index is 4.47. The van der Waals surface area contributed by atoms with Gasteiger partial charge in [0.15, 0.2) is 6.39 Å². The van der Waals surface area contributed by atoms with Crippen molar-refractivity contribution in [2.45, 2.75) is 0 Å². The predicted molar refractivity (Wildman–Crippen MR) is 40.6 cm³/mol. The van der Waals surface area contributed by atoms with Crippen molar-refractivity contribution >= 4 is 0 Å². The molecule has 0 amide bonds. The van der Waals surface area contributed by atoms with Crippen molar-refractivity contribution < 1.29 is 4.42 Å². The van der Waals surface area contributed by atoms with Crippen molar-refractivity contribution in [3.05, 3.63) is 55.3 Å². The first-order valence-corrected chi connectivity index (χ1v) is 3.15. The van der Waals surface area contributed by atoms with Gasteiger partial charge in [-0.3, -0.25) is 0 Å². The summed E-state index contributed by atoms with van der Waals surface area (Å²) in [4.78, 5) is 3.56. The number of nitrogens with zero attached hydrogens (tertiary/aromatic N) is 1. The van der Waals surface area contributed by atoms with Crippen LogP contribution in [0.1, 0.15) is 0 Å². The Labute approximate surface area is 65.5 Å². The Bertz CT molecular complexity index is 195. The van der Waals surface area contributed by atoms with Gasteiger partial charge in [-0.2, -0.15) is 0 Å². The lowest BCUT2D eigenvalue weighted by molar-refractivity contribution is 0.558. The van der Waals surface area contributed by atoms with Crippen molar-refractivity contribution in [3.8, 4) is 0 Å². The van der Waals surface area contributed by atoms with Crippen molar-refractivity contribution in [2.24, 2.45) is 0 Å². The zero-order valence-electron chi connectivity index (χ0n) is 5.90. The van der Waals surface area contributed by atoms with Crippen molar-refractivity contribution in [1.29, 1.82) is 0 Å². The average Bonchev–Trinajstić information content (AvgIpc) is 2.64. The molecule has 2 heteroatoms. The second-order valence-corrected chi connectivity index (χ2v) is 1.68. The Morgan fingerprint density at radius 2 is 1.82 bits per heavy atom. The number of hydrogen-bond acceptors (Lipinski definition) is 2. The molecule has 2 nitrogen and oxygen atoms in total. The summed E-state index contributed by atoms with van der Waals surface area (Å²) in [7, 11) is 0. The lowest BCUT2D eigenvalue weighted by Crippen LogP contribution is -1.43. The molecule has 0 aliphatic carbocycles. The maximum Gasteiger partial charge on any atom is 0.180 e. The van der Waals surface area contributed by atoms with Crippen LogP contribution < -0.4 is 0 Å². The zero-order chi connectivity index (χ0) is 7.78. The summed E-state index contributed by atoms with van der Waals surface area (Å²) in [5.74, 6) is 0. The number of hydrogen-bond donors (Lipinski definition) is 0. The van der Waals surface area contributed by atoms with Crippen LogP contribution in [0.4, 0.5) is 0 Å². The molecule has 0 saturated carbocycles. The van der Waals surface area contributed by atoms with Gasteiger partial charge < -0.3 is 4.42 Å². The summed E-state index contributed by atoms with van der Waals surface area (Å²) in [5.41, 5.74) is 0. The van der Waals surface area contributed by atoms with E-state index in [0.717, 1.165) is 0 Å². The predicted octanol–water partition coefficient (Wildman–Crippen LogP) is 1.96. The summed E-state index contributed by atoms with van der Waals surface area (Å²) < 4.78 is 4.47. The van der Waals surface area contributed by atoms with Crippen molar-refractivity contribution in [3.63, 3.8) is 0 Å². The highest BCUT2D eigenvalue weighted by Gasteiger charge is 1.59.